The van der Waals surface area contributed by atoms with E-state index >= 15 is 0 Å². The first-order valence-corrected chi connectivity index (χ1v) is 14.6. The highest BCUT2D eigenvalue weighted by Crippen LogP contribution is 2.19. The van der Waals surface area contributed by atoms with E-state index in [1.54, 1.807) is 35.2 Å². The highest BCUT2D eigenvalue weighted by molar-refractivity contribution is 7.89. The van der Waals surface area contributed by atoms with Crippen molar-refractivity contribution in [3.63, 3.8) is 0 Å². The number of benzene rings is 3. The molecule has 0 aliphatic heterocycles. The standard InChI is InChI=1S/C31H39N3O4S/c1-31(2,3)32-30(36)28(23-25-15-8-5-9-16-25)34(24-26-17-10-6-11-18-26)29(35)21-14-22-33(4)39(37,38)27-19-12-7-13-20-27/h5-13,15-20,28H,14,21-24H2,1-4H3,(H,32,36)/t28-/m1/s1. The molecule has 0 spiro atoms. The third-order valence-electron chi connectivity index (χ3n) is 6.28. The van der Waals surface area contributed by atoms with Crippen LogP contribution in [0.4, 0.5) is 0 Å². The van der Waals surface area contributed by atoms with Crippen LogP contribution < -0.4 is 5.32 Å². The summed E-state index contributed by atoms with van der Waals surface area (Å²) in [4.78, 5) is 29.2. The molecule has 0 radical (unpaired) electrons. The van der Waals surface area contributed by atoms with Crippen LogP contribution in [0.25, 0.3) is 0 Å². The minimum Gasteiger partial charge on any atom is -0.350 e. The predicted molar refractivity (Wildman–Crippen MR) is 154 cm³/mol. The monoisotopic (exact) mass is 549 g/mol. The van der Waals surface area contributed by atoms with Gasteiger partial charge in [-0.05, 0) is 50.5 Å². The molecule has 0 unspecified atom stereocenters. The Bertz CT molecular complexity index is 1310. The first-order chi connectivity index (χ1) is 18.5. The fourth-order valence-corrected chi connectivity index (χ4v) is 5.51. The lowest BCUT2D eigenvalue weighted by atomic mass is 10.00. The molecule has 3 rings (SSSR count). The fraction of sp³-hybridized carbons (Fsp3) is 0.355. The molecular formula is C31H39N3O4S. The molecular weight excluding hydrogens is 510 g/mol. The van der Waals surface area contributed by atoms with Gasteiger partial charge in [0.05, 0.1) is 4.90 Å². The normalized spacial score (nSPS) is 12.6. The van der Waals surface area contributed by atoms with Crippen LogP contribution in [0, 0.1) is 0 Å². The summed E-state index contributed by atoms with van der Waals surface area (Å²) >= 11 is 0. The van der Waals surface area contributed by atoms with Crippen molar-refractivity contribution in [3.8, 4) is 0 Å². The predicted octanol–water partition coefficient (Wildman–Crippen LogP) is 4.64. The number of nitrogens with zero attached hydrogens (tertiary/aromatic N) is 2. The molecule has 0 aliphatic rings. The van der Waals surface area contributed by atoms with Gasteiger partial charge in [-0.2, -0.15) is 0 Å². The second-order valence-corrected chi connectivity index (χ2v) is 12.7. The van der Waals surface area contributed by atoms with Gasteiger partial charge in [-0.3, -0.25) is 9.59 Å². The molecule has 39 heavy (non-hydrogen) atoms. The Hall–Kier alpha value is -3.49. The first kappa shape index (κ1) is 30.1. The van der Waals surface area contributed by atoms with Gasteiger partial charge in [0, 0.05) is 38.5 Å². The summed E-state index contributed by atoms with van der Waals surface area (Å²) in [6.07, 6.45) is 0.796. The molecule has 0 saturated heterocycles. The molecule has 2 amide bonds. The average Bonchev–Trinajstić information content (AvgIpc) is 2.91. The third-order valence-corrected chi connectivity index (χ3v) is 8.15. The number of carbonyl (C=O) groups is 2. The zero-order chi connectivity index (χ0) is 28.5. The van der Waals surface area contributed by atoms with Crippen LogP contribution in [-0.4, -0.2) is 54.6 Å². The van der Waals surface area contributed by atoms with Crippen LogP contribution in [0.5, 0.6) is 0 Å². The van der Waals surface area contributed by atoms with Crippen LogP contribution in [0.2, 0.25) is 0 Å². The van der Waals surface area contributed by atoms with Crippen molar-refractivity contribution in [1.29, 1.82) is 0 Å². The lowest BCUT2D eigenvalue weighted by Crippen LogP contribution is -2.54. The summed E-state index contributed by atoms with van der Waals surface area (Å²) in [7, 11) is -2.13. The Balaban J connectivity index is 1.82. The molecule has 0 aliphatic carbocycles. The van der Waals surface area contributed by atoms with E-state index in [0.717, 1.165) is 11.1 Å². The van der Waals surface area contributed by atoms with Gasteiger partial charge < -0.3 is 10.2 Å². The van der Waals surface area contributed by atoms with Crippen LogP contribution in [0.3, 0.4) is 0 Å². The molecule has 0 aromatic heterocycles. The minimum absolute atomic E-state index is 0.107. The quantitative estimate of drug-likeness (QED) is 0.357. The van der Waals surface area contributed by atoms with Gasteiger partial charge in [0.2, 0.25) is 21.8 Å². The van der Waals surface area contributed by atoms with E-state index in [2.05, 4.69) is 5.32 Å². The zero-order valence-electron chi connectivity index (χ0n) is 23.2. The summed E-state index contributed by atoms with van der Waals surface area (Å²) in [6, 6.07) is 26.7. The Labute approximate surface area is 232 Å². The molecule has 3 aromatic carbocycles. The molecule has 1 N–H and O–H groups in total. The van der Waals surface area contributed by atoms with Gasteiger partial charge in [-0.15, -0.1) is 0 Å². The Morgan fingerprint density at radius 2 is 1.33 bits per heavy atom. The number of amides is 2. The van der Waals surface area contributed by atoms with Crippen molar-refractivity contribution in [1.82, 2.24) is 14.5 Å². The number of hydrogen-bond donors (Lipinski definition) is 1. The maximum atomic E-state index is 13.7. The molecule has 0 fully saturated rings. The molecule has 3 aromatic rings. The van der Waals surface area contributed by atoms with Crippen LogP contribution in [0.1, 0.15) is 44.7 Å². The maximum absolute atomic E-state index is 13.7. The molecule has 8 heteroatoms. The Kier molecular flexibility index (Phi) is 10.4. The lowest BCUT2D eigenvalue weighted by molar-refractivity contribution is -0.142. The summed E-state index contributed by atoms with van der Waals surface area (Å²) in [5.41, 5.74) is 1.39. The SMILES string of the molecule is CN(CCCC(=O)N(Cc1ccccc1)[C@H](Cc1ccccc1)C(=O)NC(C)(C)C)S(=O)(=O)c1ccccc1. The summed E-state index contributed by atoms with van der Waals surface area (Å²) in [6.45, 7) is 6.19. The average molecular weight is 550 g/mol. The molecule has 0 bridgehead atoms. The van der Waals surface area contributed by atoms with Gasteiger partial charge in [0.1, 0.15) is 6.04 Å². The molecule has 208 valence electrons. The highest BCUT2D eigenvalue weighted by Gasteiger charge is 2.32. The highest BCUT2D eigenvalue weighted by atomic mass is 32.2. The van der Waals surface area contributed by atoms with Crippen molar-refractivity contribution >= 4 is 21.8 Å². The van der Waals surface area contributed by atoms with E-state index in [-0.39, 0.29) is 36.2 Å². The van der Waals surface area contributed by atoms with E-state index in [9.17, 15) is 18.0 Å². The van der Waals surface area contributed by atoms with Crippen LogP contribution in [0.15, 0.2) is 95.9 Å². The minimum atomic E-state index is -3.65. The number of nitrogens with one attached hydrogen (secondary N) is 1. The summed E-state index contributed by atoms with van der Waals surface area (Å²) < 4.78 is 27.1. The fourth-order valence-electron chi connectivity index (χ4n) is 4.28. The largest absolute Gasteiger partial charge is 0.350 e. The van der Waals surface area contributed by atoms with Crippen molar-refractivity contribution in [2.75, 3.05) is 13.6 Å². The molecule has 7 nitrogen and oxygen atoms in total. The Morgan fingerprint density at radius 3 is 1.87 bits per heavy atom. The van der Waals surface area contributed by atoms with Crippen LogP contribution in [-0.2, 0) is 32.6 Å². The number of rotatable bonds is 12. The second-order valence-electron chi connectivity index (χ2n) is 10.7. The topological polar surface area (TPSA) is 86.8 Å². The van der Waals surface area contributed by atoms with Gasteiger partial charge in [-0.1, -0.05) is 78.9 Å². The number of hydrogen-bond acceptors (Lipinski definition) is 4. The van der Waals surface area contributed by atoms with Gasteiger partial charge in [-0.25, -0.2) is 12.7 Å². The van der Waals surface area contributed by atoms with Crippen molar-refractivity contribution < 1.29 is 18.0 Å². The maximum Gasteiger partial charge on any atom is 0.243 e. The van der Waals surface area contributed by atoms with Gasteiger partial charge in [0.15, 0.2) is 0 Å². The van der Waals surface area contributed by atoms with E-state index in [1.807, 2.05) is 81.4 Å². The summed E-state index contributed by atoms with van der Waals surface area (Å²) in [5.74, 6) is -0.422. The third kappa shape index (κ3) is 9.04. The summed E-state index contributed by atoms with van der Waals surface area (Å²) in [5, 5.41) is 3.05. The number of carbonyl (C=O) groups excluding carboxylic acids is 2. The van der Waals surface area contributed by atoms with Crippen molar-refractivity contribution in [2.24, 2.45) is 0 Å². The van der Waals surface area contributed by atoms with E-state index < -0.39 is 21.6 Å². The molecule has 0 heterocycles. The van der Waals surface area contributed by atoms with Gasteiger partial charge in [0.25, 0.3) is 0 Å². The lowest BCUT2D eigenvalue weighted by Gasteiger charge is -2.34. The van der Waals surface area contributed by atoms with Gasteiger partial charge >= 0.3 is 0 Å². The van der Waals surface area contributed by atoms with E-state index in [4.69, 9.17) is 0 Å². The Morgan fingerprint density at radius 1 is 0.821 bits per heavy atom. The molecule has 0 saturated carbocycles. The second kappa shape index (κ2) is 13.5. The first-order valence-electron chi connectivity index (χ1n) is 13.2. The number of sulfonamides is 1. The zero-order valence-corrected chi connectivity index (χ0v) is 24.0. The smallest absolute Gasteiger partial charge is 0.243 e. The van der Waals surface area contributed by atoms with Crippen LogP contribution >= 0.6 is 0 Å². The molecule has 1 atom stereocenters. The van der Waals surface area contributed by atoms with Crippen molar-refractivity contribution in [2.45, 2.75) is 63.1 Å². The van der Waals surface area contributed by atoms with Crippen molar-refractivity contribution in [3.05, 3.63) is 102 Å². The van der Waals surface area contributed by atoms with E-state index in [1.165, 1.54) is 11.4 Å². The van der Waals surface area contributed by atoms with E-state index in [0.29, 0.717) is 12.8 Å².